The summed E-state index contributed by atoms with van der Waals surface area (Å²) in [5, 5.41) is 0. The first kappa shape index (κ1) is 26.4. The summed E-state index contributed by atoms with van der Waals surface area (Å²) >= 11 is 0. The molecule has 0 aromatic carbocycles. The van der Waals surface area contributed by atoms with Crippen molar-refractivity contribution in [2.75, 3.05) is 31.6 Å². The first-order valence-corrected chi connectivity index (χ1v) is 10.2. The number of unbranched alkanes of at least 4 members (excludes halogenated alkanes) is 1. The van der Waals surface area contributed by atoms with Crippen LogP contribution in [0.4, 0.5) is 5.95 Å². The van der Waals surface area contributed by atoms with Gasteiger partial charge in [0.15, 0.2) is 0 Å². The molecule has 0 bridgehead atoms. The summed E-state index contributed by atoms with van der Waals surface area (Å²) in [6.45, 7) is 18.9. The Balaban J connectivity index is 0.00000420. The van der Waals surface area contributed by atoms with Crippen molar-refractivity contribution >= 4 is 11.9 Å². The van der Waals surface area contributed by atoms with E-state index in [1.54, 1.807) is 0 Å². The molecule has 1 aliphatic heterocycles. The Bertz CT molecular complexity index is 706. The van der Waals surface area contributed by atoms with Gasteiger partial charge in [-0.15, -0.1) is 0 Å². The number of amides is 1. The first-order chi connectivity index (χ1) is 12.8. The number of piperazine rings is 1. The van der Waals surface area contributed by atoms with Gasteiger partial charge in [0.05, 0.1) is 5.54 Å². The van der Waals surface area contributed by atoms with Crippen molar-refractivity contribution in [2.45, 2.75) is 84.8 Å². The number of aromatic nitrogens is 3. The predicted molar refractivity (Wildman–Crippen MR) is 112 cm³/mol. The van der Waals surface area contributed by atoms with Crippen molar-refractivity contribution in [1.82, 2.24) is 24.8 Å². The zero-order valence-corrected chi connectivity index (χ0v) is 22.5. The van der Waals surface area contributed by atoms with Crippen molar-refractivity contribution in [3.63, 3.8) is 0 Å². The Morgan fingerprint density at radius 2 is 1.83 bits per heavy atom. The number of hydrogen-bond donors (Lipinski definition) is 0. The Labute approximate surface area is 201 Å². The number of carbonyl (C=O) groups is 1. The maximum atomic E-state index is 13.3. The van der Waals surface area contributed by atoms with E-state index in [1.165, 1.54) is 0 Å². The molecule has 0 spiro atoms. The van der Waals surface area contributed by atoms with Crippen LogP contribution in [0.3, 0.4) is 0 Å². The largest absolute Gasteiger partial charge is 0.387 e. The van der Waals surface area contributed by atoms with Crippen LogP contribution in [-0.4, -0.2) is 74.0 Å². The van der Waals surface area contributed by atoms with Crippen molar-refractivity contribution in [3.05, 3.63) is 12.2 Å². The number of nitrogens with zero attached hydrogens (tertiary/aromatic N) is 6. The van der Waals surface area contributed by atoms with Gasteiger partial charge in [-0.05, 0) is 55.0 Å². The zero-order valence-electron chi connectivity index (χ0n) is 19.7. The molecule has 161 valence electrons. The monoisotopic (exact) mass is 478 g/mol. The van der Waals surface area contributed by atoms with Crippen LogP contribution in [0.15, 0.2) is 0 Å². The molecular weight excluding hydrogens is 441 g/mol. The zero-order chi connectivity index (χ0) is 21.3. The van der Waals surface area contributed by atoms with Gasteiger partial charge in [0.25, 0.3) is 0 Å². The standard InChI is InChI=1S/C21H37N6O.Y/c1-10-11-12-27(18-23-15-22-16(2)24-18)20(5,6)14-26-13-19(3,4)25(9)21(7,8)17(26)28;/h10-14H2,1-9H3;/q-1;. The van der Waals surface area contributed by atoms with Gasteiger partial charge in [0, 0.05) is 75.6 Å². The van der Waals surface area contributed by atoms with Gasteiger partial charge < -0.3 is 24.8 Å². The summed E-state index contributed by atoms with van der Waals surface area (Å²) < 4.78 is 0. The molecule has 0 unspecified atom stereocenters. The number of anilines is 1. The number of aryl methyl sites for hydroxylation is 1. The van der Waals surface area contributed by atoms with Crippen LogP contribution in [0, 0.1) is 13.3 Å². The number of hydrogen-bond acceptors (Lipinski definition) is 6. The number of rotatable bonds is 7. The minimum absolute atomic E-state index is 0. The van der Waals surface area contributed by atoms with E-state index < -0.39 is 5.54 Å². The fourth-order valence-corrected chi connectivity index (χ4v) is 4.06. The summed E-state index contributed by atoms with van der Waals surface area (Å²) in [4.78, 5) is 32.5. The summed E-state index contributed by atoms with van der Waals surface area (Å²) in [6.07, 6.45) is 4.82. The van der Waals surface area contributed by atoms with E-state index in [0.717, 1.165) is 19.4 Å². The quantitative estimate of drug-likeness (QED) is 0.562. The van der Waals surface area contributed by atoms with Crippen LogP contribution in [-0.2, 0) is 37.5 Å². The van der Waals surface area contributed by atoms with Crippen molar-refractivity contribution in [1.29, 1.82) is 0 Å². The van der Waals surface area contributed by atoms with Gasteiger partial charge in [0.1, 0.15) is 5.95 Å². The molecule has 1 saturated heterocycles. The van der Waals surface area contributed by atoms with Crippen molar-refractivity contribution in [3.8, 4) is 0 Å². The molecule has 1 aromatic heterocycles. The first-order valence-electron chi connectivity index (χ1n) is 10.2. The molecule has 0 atom stereocenters. The number of likely N-dealkylation sites (N-methyl/N-ethyl adjacent to an activating group) is 1. The second kappa shape index (κ2) is 9.65. The van der Waals surface area contributed by atoms with Gasteiger partial charge in [-0.25, -0.2) is 0 Å². The molecule has 0 aliphatic carbocycles. The Morgan fingerprint density at radius 3 is 2.38 bits per heavy atom. The van der Waals surface area contributed by atoms with Crippen molar-refractivity contribution in [2.24, 2.45) is 0 Å². The number of carbonyl (C=O) groups excluding carboxylic acids is 1. The van der Waals surface area contributed by atoms with Gasteiger partial charge in [0.2, 0.25) is 5.91 Å². The maximum absolute atomic E-state index is 13.3. The fourth-order valence-electron chi connectivity index (χ4n) is 4.06. The van der Waals surface area contributed by atoms with Gasteiger partial charge in [-0.1, -0.05) is 20.3 Å². The Morgan fingerprint density at radius 1 is 1.21 bits per heavy atom. The third kappa shape index (κ3) is 5.73. The minimum atomic E-state index is -0.538. The van der Waals surface area contributed by atoms with E-state index in [9.17, 15) is 4.79 Å². The van der Waals surface area contributed by atoms with Gasteiger partial charge in [-0.3, -0.25) is 9.69 Å². The summed E-state index contributed by atoms with van der Waals surface area (Å²) in [7, 11) is 2.04. The normalized spacial score (nSPS) is 19.1. The maximum Gasteiger partial charge on any atom is 0.242 e. The van der Waals surface area contributed by atoms with E-state index in [1.807, 2.05) is 32.7 Å². The molecule has 1 aromatic rings. The average molecular weight is 478 g/mol. The van der Waals surface area contributed by atoms with Gasteiger partial charge in [-0.2, -0.15) is 0 Å². The molecule has 0 saturated carbocycles. The van der Waals surface area contributed by atoms with E-state index in [4.69, 9.17) is 0 Å². The minimum Gasteiger partial charge on any atom is -0.387 e. The summed E-state index contributed by atoms with van der Waals surface area (Å²) in [5.74, 6) is 1.45. The molecule has 0 N–H and O–H groups in total. The molecule has 1 radical (unpaired) electrons. The summed E-state index contributed by atoms with van der Waals surface area (Å²) in [5.41, 5.74) is -0.961. The molecule has 1 fully saturated rings. The SMILES string of the molecule is CCCCN(c1n[c-]nc(C)n1)C(C)(C)CN1CC(C)(C)N(C)C(C)(C)C1=O.[Y]. The molecule has 8 heteroatoms. The average Bonchev–Trinajstić information content (AvgIpc) is 2.58. The Kier molecular flexibility index (Phi) is 8.78. The van der Waals surface area contributed by atoms with Crippen LogP contribution < -0.4 is 4.90 Å². The fraction of sp³-hybridized carbons (Fsp3) is 0.810. The third-order valence-electron chi connectivity index (χ3n) is 6.04. The van der Waals surface area contributed by atoms with Crippen molar-refractivity contribution < 1.29 is 37.5 Å². The molecule has 2 rings (SSSR count). The van der Waals surface area contributed by atoms with Crippen LogP contribution in [0.2, 0.25) is 0 Å². The predicted octanol–water partition coefficient (Wildman–Crippen LogP) is 2.69. The summed E-state index contributed by atoms with van der Waals surface area (Å²) in [6, 6.07) is 0. The smallest absolute Gasteiger partial charge is 0.242 e. The van der Waals surface area contributed by atoms with E-state index in [-0.39, 0.29) is 49.7 Å². The van der Waals surface area contributed by atoms with Gasteiger partial charge >= 0.3 is 0 Å². The molecular formula is C21H37N6OY-. The Hall–Kier alpha value is -0.656. The van der Waals surface area contributed by atoms with Crippen LogP contribution in [0.1, 0.15) is 67.1 Å². The van der Waals surface area contributed by atoms with Crippen LogP contribution >= 0.6 is 0 Å². The molecule has 29 heavy (non-hydrogen) atoms. The van der Waals surface area contributed by atoms with E-state index in [0.29, 0.717) is 24.9 Å². The molecule has 2 heterocycles. The van der Waals surface area contributed by atoms with E-state index in [2.05, 4.69) is 65.7 Å². The molecule has 1 aliphatic rings. The molecule has 7 nitrogen and oxygen atoms in total. The van der Waals surface area contributed by atoms with E-state index >= 15 is 0 Å². The van der Waals surface area contributed by atoms with Crippen LogP contribution in [0.5, 0.6) is 0 Å². The third-order valence-corrected chi connectivity index (χ3v) is 6.04. The topological polar surface area (TPSA) is 65.5 Å². The second-order valence-electron chi connectivity index (χ2n) is 9.69. The van der Waals surface area contributed by atoms with Crippen LogP contribution in [0.25, 0.3) is 0 Å². The molecule has 1 amide bonds. The second-order valence-corrected chi connectivity index (χ2v) is 9.69.